The van der Waals surface area contributed by atoms with Gasteiger partial charge in [0.2, 0.25) is 5.88 Å². The molecule has 1 N–H and O–H groups in total. The van der Waals surface area contributed by atoms with Crippen molar-refractivity contribution in [1.29, 1.82) is 0 Å². The van der Waals surface area contributed by atoms with Gasteiger partial charge in [0, 0.05) is 12.1 Å². The maximum atomic E-state index is 13.1. The van der Waals surface area contributed by atoms with E-state index in [0.29, 0.717) is 28.4 Å². The van der Waals surface area contributed by atoms with Gasteiger partial charge < -0.3 is 4.74 Å². The molecule has 7 heteroatoms. The first kappa shape index (κ1) is 17.1. The summed E-state index contributed by atoms with van der Waals surface area (Å²) in [5, 5.41) is 0. The number of fused-ring (bicyclic) bond motifs is 1. The normalized spacial score (nSPS) is 11.7. The van der Waals surface area contributed by atoms with Crippen molar-refractivity contribution < 1.29 is 22.5 Å². The van der Waals surface area contributed by atoms with E-state index in [9.17, 15) is 13.2 Å². The first-order valence-electron chi connectivity index (χ1n) is 8.18. The standard InChI is InChI=1S/C20H14F3N3O/c1-27-18-10-8-15(12-24-18)26-17-9-7-14(20(21,22)23)11-16(17)25-19(26)13-5-3-2-4-6-13/h2-12H,1H3/p+1. The molecule has 0 aliphatic rings. The van der Waals surface area contributed by atoms with Crippen molar-refractivity contribution in [3.63, 3.8) is 0 Å². The highest BCUT2D eigenvalue weighted by Gasteiger charge is 2.32. The van der Waals surface area contributed by atoms with Crippen molar-refractivity contribution in [3.8, 4) is 23.0 Å². The summed E-state index contributed by atoms with van der Waals surface area (Å²) < 4.78 is 46.3. The van der Waals surface area contributed by atoms with Crippen molar-refractivity contribution in [1.82, 2.24) is 9.97 Å². The van der Waals surface area contributed by atoms with Gasteiger partial charge in [0.25, 0.3) is 5.82 Å². The van der Waals surface area contributed by atoms with E-state index in [1.165, 1.54) is 13.2 Å². The van der Waals surface area contributed by atoms with E-state index >= 15 is 0 Å². The molecule has 4 aromatic rings. The summed E-state index contributed by atoms with van der Waals surface area (Å²) in [4.78, 5) is 7.34. The van der Waals surface area contributed by atoms with E-state index in [-0.39, 0.29) is 0 Å². The average molecular weight is 370 g/mol. The number of pyridine rings is 1. The Kier molecular flexibility index (Phi) is 4.07. The lowest BCUT2D eigenvalue weighted by molar-refractivity contribution is -0.555. The number of nitrogens with zero attached hydrogens (tertiary/aromatic N) is 2. The van der Waals surface area contributed by atoms with E-state index in [1.54, 1.807) is 12.3 Å². The molecule has 0 spiro atoms. The number of nitrogens with one attached hydrogen (secondary N) is 1. The third-order valence-corrected chi connectivity index (χ3v) is 4.28. The van der Waals surface area contributed by atoms with Crippen molar-refractivity contribution in [3.05, 3.63) is 72.4 Å². The van der Waals surface area contributed by atoms with Crippen LogP contribution in [0.3, 0.4) is 0 Å². The SMILES string of the molecule is COc1ccc(-[n+]2c(-c3ccccc3)[nH]c3cc(C(F)(F)F)ccc32)cn1. The molecule has 0 unspecified atom stereocenters. The number of hydrogen-bond acceptors (Lipinski definition) is 2. The topological polar surface area (TPSA) is 41.8 Å². The fourth-order valence-corrected chi connectivity index (χ4v) is 3.00. The highest BCUT2D eigenvalue weighted by atomic mass is 19.4. The summed E-state index contributed by atoms with van der Waals surface area (Å²) in [5.41, 5.74) is 1.86. The number of ether oxygens (including phenoxy) is 1. The number of imidazole rings is 1. The predicted molar refractivity (Wildman–Crippen MR) is 94.6 cm³/mol. The second kappa shape index (κ2) is 6.42. The van der Waals surface area contributed by atoms with Crippen LogP contribution in [0, 0.1) is 0 Å². The minimum Gasteiger partial charge on any atom is -0.481 e. The van der Waals surface area contributed by atoms with Crippen LogP contribution in [-0.4, -0.2) is 17.1 Å². The Morgan fingerprint density at radius 2 is 1.78 bits per heavy atom. The van der Waals surface area contributed by atoms with Crippen molar-refractivity contribution in [2.45, 2.75) is 6.18 Å². The monoisotopic (exact) mass is 370 g/mol. The second-order valence-corrected chi connectivity index (χ2v) is 5.96. The lowest BCUT2D eigenvalue weighted by Gasteiger charge is -2.05. The van der Waals surface area contributed by atoms with E-state index in [0.717, 1.165) is 17.7 Å². The molecule has 136 valence electrons. The van der Waals surface area contributed by atoms with Gasteiger partial charge >= 0.3 is 6.18 Å². The number of aromatic amines is 1. The molecule has 2 aromatic heterocycles. The highest BCUT2D eigenvalue weighted by Crippen LogP contribution is 2.31. The summed E-state index contributed by atoms with van der Waals surface area (Å²) in [5.74, 6) is 1.12. The number of H-pyrrole nitrogens is 1. The molecule has 0 aliphatic heterocycles. The molecular weight excluding hydrogens is 355 g/mol. The fourth-order valence-electron chi connectivity index (χ4n) is 3.00. The predicted octanol–water partition coefficient (Wildman–Crippen LogP) is 4.53. The summed E-state index contributed by atoms with van der Waals surface area (Å²) in [6.45, 7) is 0. The van der Waals surface area contributed by atoms with Crippen LogP contribution < -0.4 is 9.30 Å². The quantitative estimate of drug-likeness (QED) is 0.538. The Balaban J connectivity index is 1.98. The summed E-state index contributed by atoms with van der Waals surface area (Å²) in [6, 6.07) is 16.6. The maximum absolute atomic E-state index is 13.1. The van der Waals surface area contributed by atoms with E-state index in [2.05, 4.69) is 9.97 Å². The molecule has 0 amide bonds. The summed E-state index contributed by atoms with van der Waals surface area (Å²) in [7, 11) is 1.52. The van der Waals surface area contributed by atoms with Crippen LogP contribution in [0.15, 0.2) is 66.9 Å². The van der Waals surface area contributed by atoms with Gasteiger partial charge in [0.05, 0.1) is 24.4 Å². The smallest absolute Gasteiger partial charge is 0.416 e. The molecule has 0 bridgehead atoms. The first-order chi connectivity index (χ1) is 13.0. The number of alkyl halides is 3. The largest absolute Gasteiger partial charge is 0.481 e. The summed E-state index contributed by atoms with van der Waals surface area (Å²) in [6.07, 6.45) is -2.78. The lowest BCUT2D eigenvalue weighted by atomic mass is 10.2. The molecule has 2 heterocycles. The van der Waals surface area contributed by atoms with Crippen LogP contribution in [0.5, 0.6) is 5.88 Å². The zero-order valence-corrected chi connectivity index (χ0v) is 14.3. The number of methoxy groups -OCH3 is 1. The molecule has 0 aliphatic carbocycles. The first-order valence-corrected chi connectivity index (χ1v) is 8.18. The lowest BCUT2D eigenvalue weighted by Crippen LogP contribution is -2.32. The van der Waals surface area contributed by atoms with Crippen molar-refractivity contribution in [2.24, 2.45) is 0 Å². The van der Waals surface area contributed by atoms with Crippen LogP contribution in [0.25, 0.3) is 28.1 Å². The van der Waals surface area contributed by atoms with Crippen LogP contribution >= 0.6 is 0 Å². The maximum Gasteiger partial charge on any atom is 0.416 e. The molecule has 0 saturated heterocycles. The van der Waals surface area contributed by atoms with Gasteiger partial charge in [-0.2, -0.15) is 17.7 Å². The molecule has 0 atom stereocenters. The molecule has 0 fully saturated rings. The Bertz CT molecular complexity index is 1090. The minimum atomic E-state index is -4.40. The Labute approximate surface area is 152 Å². The van der Waals surface area contributed by atoms with E-state index < -0.39 is 11.7 Å². The number of rotatable bonds is 3. The van der Waals surface area contributed by atoms with Crippen LogP contribution in [0.4, 0.5) is 13.2 Å². The zero-order valence-electron chi connectivity index (χ0n) is 14.3. The van der Waals surface area contributed by atoms with E-state index in [4.69, 9.17) is 4.74 Å². The van der Waals surface area contributed by atoms with Gasteiger partial charge in [0.15, 0.2) is 16.7 Å². The third-order valence-electron chi connectivity index (χ3n) is 4.28. The third kappa shape index (κ3) is 3.12. The van der Waals surface area contributed by atoms with Gasteiger partial charge in [-0.15, -0.1) is 0 Å². The Morgan fingerprint density at radius 1 is 1.00 bits per heavy atom. The van der Waals surface area contributed by atoms with E-state index in [1.807, 2.05) is 41.0 Å². The molecule has 0 saturated carbocycles. The van der Waals surface area contributed by atoms with Gasteiger partial charge in [-0.1, -0.05) is 18.2 Å². The van der Waals surface area contributed by atoms with Crippen LogP contribution in [0.2, 0.25) is 0 Å². The number of aromatic nitrogens is 3. The number of halogens is 3. The zero-order chi connectivity index (χ0) is 19.0. The molecule has 2 aromatic carbocycles. The highest BCUT2D eigenvalue weighted by molar-refractivity contribution is 5.76. The van der Waals surface area contributed by atoms with Crippen LogP contribution in [0.1, 0.15) is 5.56 Å². The van der Waals surface area contributed by atoms with Gasteiger partial charge in [-0.25, -0.2) is 9.97 Å². The molecular formula is C20H15F3N3O+. The van der Waals surface area contributed by atoms with Gasteiger partial charge in [-0.05, 0) is 30.3 Å². The van der Waals surface area contributed by atoms with Gasteiger partial charge in [-0.3, -0.25) is 0 Å². The molecule has 0 radical (unpaired) electrons. The van der Waals surface area contributed by atoms with Gasteiger partial charge in [0.1, 0.15) is 0 Å². The molecule has 4 rings (SSSR count). The molecule has 27 heavy (non-hydrogen) atoms. The second-order valence-electron chi connectivity index (χ2n) is 5.96. The average Bonchev–Trinajstić information content (AvgIpc) is 3.07. The molecule has 4 nitrogen and oxygen atoms in total. The number of hydrogen-bond donors (Lipinski definition) is 1. The number of benzene rings is 2. The van der Waals surface area contributed by atoms with Crippen LogP contribution in [-0.2, 0) is 6.18 Å². The van der Waals surface area contributed by atoms with Crippen molar-refractivity contribution >= 4 is 11.0 Å². The fraction of sp³-hybridized carbons (Fsp3) is 0.100. The Hall–Kier alpha value is -3.35. The Morgan fingerprint density at radius 3 is 2.41 bits per heavy atom. The summed E-state index contributed by atoms with van der Waals surface area (Å²) >= 11 is 0. The van der Waals surface area contributed by atoms with Crippen molar-refractivity contribution in [2.75, 3.05) is 7.11 Å². The minimum absolute atomic E-state index is 0.388.